The molecule has 0 bridgehead atoms. The molecule has 0 amide bonds. The van der Waals surface area contributed by atoms with Gasteiger partial charge in [0.05, 0.1) is 0 Å². The summed E-state index contributed by atoms with van der Waals surface area (Å²) in [6.07, 6.45) is 0. The van der Waals surface area contributed by atoms with Crippen LogP contribution in [0.3, 0.4) is 0 Å². The van der Waals surface area contributed by atoms with Crippen molar-refractivity contribution in [3.8, 4) is 0 Å². The number of halogens is 1. The molecule has 0 spiro atoms. The molecule has 70 valence electrons. The molecule has 1 N–H and O–H groups in total. The van der Waals surface area contributed by atoms with Gasteiger partial charge in [0, 0.05) is 12.5 Å². The van der Waals surface area contributed by atoms with E-state index in [1.165, 1.54) is 0 Å². The second-order valence-corrected chi connectivity index (χ2v) is 3.76. The van der Waals surface area contributed by atoms with Gasteiger partial charge in [-0.1, -0.05) is 25.1 Å². The molecule has 2 heteroatoms. The van der Waals surface area contributed by atoms with E-state index in [2.05, 4.69) is 12.2 Å². The fourth-order valence-corrected chi connectivity index (χ4v) is 2.00. The SMILES string of the molecule is C[C@@H]1CNC[C@H]1c1ccccc1F. The van der Waals surface area contributed by atoms with Gasteiger partial charge in [-0.15, -0.1) is 0 Å². The van der Waals surface area contributed by atoms with Crippen LogP contribution in [0.25, 0.3) is 0 Å². The zero-order chi connectivity index (χ0) is 9.26. The maximum absolute atomic E-state index is 13.4. The van der Waals surface area contributed by atoms with Gasteiger partial charge in [0.1, 0.15) is 5.82 Å². The quantitative estimate of drug-likeness (QED) is 0.696. The maximum Gasteiger partial charge on any atom is 0.126 e. The Kier molecular flexibility index (Phi) is 2.32. The standard InChI is InChI=1S/C11H14FN/c1-8-6-13-7-10(8)9-4-2-3-5-11(9)12/h2-5,8,10,13H,6-7H2,1H3/t8-,10-/m1/s1. The van der Waals surface area contributed by atoms with Crippen molar-refractivity contribution in [1.29, 1.82) is 0 Å². The summed E-state index contributed by atoms with van der Waals surface area (Å²) >= 11 is 0. The normalized spacial score (nSPS) is 27.8. The Morgan fingerprint density at radius 2 is 2.08 bits per heavy atom. The lowest BCUT2D eigenvalue weighted by molar-refractivity contribution is 0.528. The first kappa shape index (κ1) is 8.70. The van der Waals surface area contributed by atoms with E-state index in [1.807, 2.05) is 12.1 Å². The minimum absolute atomic E-state index is 0.0666. The van der Waals surface area contributed by atoms with Crippen LogP contribution in [0.2, 0.25) is 0 Å². The lowest BCUT2D eigenvalue weighted by atomic mass is 9.90. The molecule has 0 radical (unpaired) electrons. The van der Waals surface area contributed by atoms with Gasteiger partial charge in [-0.2, -0.15) is 0 Å². The van der Waals surface area contributed by atoms with E-state index in [0.717, 1.165) is 18.7 Å². The van der Waals surface area contributed by atoms with Crippen molar-refractivity contribution in [1.82, 2.24) is 5.32 Å². The summed E-state index contributed by atoms with van der Waals surface area (Å²) < 4.78 is 13.4. The first-order valence-electron chi connectivity index (χ1n) is 4.74. The van der Waals surface area contributed by atoms with Crippen molar-refractivity contribution >= 4 is 0 Å². The summed E-state index contributed by atoms with van der Waals surface area (Å²) in [5.41, 5.74) is 0.861. The molecule has 2 atom stereocenters. The van der Waals surface area contributed by atoms with Crippen LogP contribution in [-0.4, -0.2) is 13.1 Å². The average molecular weight is 179 g/mol. The van der Waals surface area contributed by atoms with Gasteiger partial charge in [0.15, 0.2) is 0 Å². The Bertz CT molecular complexity index is 298. The van der Waals surface area contributed by atoms with Crippen molar-refractivity contribution in [2.75, 3.05) is 13.1 Å². The molecule has 0 unspecified atom stereocenters. The van der Waals surface area contributed by atoms with Crippen LogP contribution in [0, 0.1) is 11.7 Å². The van der Waals surface area contributed by atoms with E-state index in [4.69, 9.17) is 0 Å². The largest absolute Gasteiger partial charge is 0.316 e. The molecule has 1 heterocycles. The van der Waals surface area contributed by atoms with E-state index in [1.54, 1.807) is 12.1 Å². The number of benzene rings is 1. The van der Waals surface area contributed by atoms with Crippen molar-refractivity contribution in [2.24, 2.45) is 5.92 Å². The lowest BCUT2D eigenvalue weighted by Gasteiger charge is -2.14. The Hall–Kier alpha value is -0.890. The Morgan fingerprint density at radius 1 is 1.31 bits per heavy atom. The minimum atomic E-state index is -0.0666. The molecule has 1 aromatic carbocycles. The lowest BCUT2D eigenvalue weighted by Crippen LogP contribution is -2.09. The van der Waals surface area contributed by atoms with Crippen LogP contribution in [0.4, 0.5) is 4.39 Å². The molecular weight excluding hydrogens is 165 g/mol. The molecule has 0 saturated carbocycles. The number of hydrogen-bond donors (Lipinski definition) is 1. The number of nitrogens with one attached hydrogen (secondary N) is 1. The van der Waals surface area contributed by atoms with Gasteiger partial charge in [0.25, 0.3) is 0 Å². The van der Waals surface area contributed by atoms with Crippen molar-refractivity contribution < 1.29 is 4.39 Å². The Balaban J connectivity index is 2.29. The van der Waals surface area contributed by atoms with E-state index in [9.17, 15) is 4.39 Å². The Morgan fingerprint density at radius 3 is 2.69 bits per heavy atom. The third-order valence-electron chi connectivity index (χ3n) is 2.82. The zero-order valence-electron chi connectivity index (χ0n) is 7.76. The Labute approximate surface area is 78.0 Å². The maximum atomic E-state index is 13.4. The number of hydrogen-bond acceptors (Lipinski definition) is 1. The third-order valence-corrected chi connectivity index (χ3v) is 2.82. The molecular formula is C11H14FN. The highest BCUT2D eigenvalue weighted by Crippen LogP contribution is 2.28. The topological polar surface area (TPSA) is 12.0 Å². The second-order valence-electron chi connectivity index (χ2n) is 3.76. The summed E-state index contributed by atoms with van der Waals surface area (Å²) in [6.45, 7) is 4.07. The predicted octanol–water partition coefficient (Wildman–Crippen LogP) is 2.15. The van der Waals surface area contributed by atoms with E-state index >= 15 is 0 Å². The summed E-state index contributed by atoms with van der Waals surface area (Å²) in [5.74, 6) is 0.821. The van der Waals surface area contributed by atoms with E-state index in [0.29, 0.717) is 11.8 Å². The zero-order valence-corrected chi connectivity index (χ0v) is 7.76. The highest BCUT2D eigenvalue weighted by molar-refractivity contribution is 5.23. The summed E-state index contributed by atoms with van der Waals surface area (Å²) in [6, 6.07) is 7.08. The highest BCUT2D eigenvalue weighted by Gasteiger charge is 2.26. The van der Waals surface area contributed by atoms with Crippen LogP contribution < -0.4 is 5.32 Å². The fourth-order valence-electron chi connectivity index (χ4n) is 2.00. The molecule has 1 fully saturated rings. The first-order chi connectivity index (χ1) is 6.29. The van der Waals surface area contributed by atoms with Gasteiger partial charge < -0.3 is 5.32 Å². The van der Waals surface area contributed by atoms with Crippen LogP contribution in [0.1, 0.15) is 18.4 Å². The van der Waals surface area contributed by atoms with E-state index < -0.39 is 0 Å². The van der Waals surface area contributed by atoms with Gasteiger partial charge in [-0.05, 0) is 24.1 Å². The van der Waals surface area contributed by atoms with Crippen LogP contribution >= 0.6 is 0 Å². The first-order valence-corrected chi connectivity index (χ1v) is 4.74. The van der Waals surface area contributed by atoms with Crippen molar-refractivity contribution in [3.63, 3.8) is 0 Å². The van der Waals surface area contributed by atoms with Gasteiger partial charge in [-0.25, -0.2) is 4.39 Å². The van der Waals surface area contributed by atoms with Crippen LogP contribution in [-0.2, 0) is 0 Å². The predicted molar refractivity (Wildman–Crippen MR) is 51.2 cm³/mol. The summed E-state index contributed by atoms with van der Waals surface area (Å²) in [7, 11) is 0. The second kappa shape index (κ2) is 3.46. The molecule has 13 heavy (non-hydrogen) atoms. The summed E-state index contributed by atoms with van der Waals surface area (Å²) in [4.78, 5) is 0. The van der Waals surface area contributed by atoms with E-state index in [-0.39, 0.29) is 5.82 Å². The highest BCUT2D eigenvalue weighted by atomic mass is 19.1. The van der Waals surface area contributed by atoms with Gasteiger partial charge in [-0.3, -0.25) is 0 Å². The third kappa shape index (κ3) is 1.59. The van der Waals surface area contributed by atoms with Crippen molar-refractivity contribution in [3.05, 3.63) is 35.6 Å². The average Bonchev–Trinajstić information content (AvgIpc) is 2.52. The molecule has 0 aromatic heterocycles. The summed E-state index contributed by atoms with van der Waals surface area (Å²) in [5, 5.41) is 3.28. The molecule has 1 saturated heterocycles. The van der Waals surface area contributed by atoms with Gasteiger partial charge >= 0.3 is 0 Å². The van der Waals surface area contributed by atoms with Crippen LogP contribution in [0.15, 0.2) is 24.3 Å². The smallest absolute Gasteiger partial charge is 0.126 e. The molecule has 0 aliphatic carbocycles. The number of rotatable bonds is 1. The van der Waals surface area contributed by atoms with Crippen molar-refractivity contribution in [2.45, 2.75) is 12.8 Å². The molecule has 1 aliphatic rings. The molecule has 1 aliphatic heterocycles. The minimum Gasteiger partial charge on any atom is -0.316 e. The van der Waals surface area contributed by atoms with Crippen LogP contribution in [0.5, 0.6) is 0 Å². The molecule has 1 nitrogen and oxygen atoms in total. The monoisotopic (exact) mass is 179 g/mol. The molecule has 1 aromatic rings. The van der Waals surface area contributed by atoms with Gasteiger partial charge in [0.2, 0.25) is 0 Å². The molecule has 2 rings (SSSR count). The fraction of sp³-hybridized carbons (Fsp3) is 0.455.